The summed E-state index contributed by atoms with van der Waals surface area (Å²) in [6.45, 7) is 0.124. The number of ether oxygens (including phenoxy) is 1. The third-order valence-corrected chi connectivity index (χ3v) is 5.21. The fourth-order valence-corrected chi connectivity index (χ4v) is 3.39. The number of halogens is 1. The first-order valence-electron chi connectivity index (χ1n) is 10.5. The third kappa shape index (κ3) is 5.53. The van der Waals surface area contributed by atoms with Gasteiger partial charge in [-0.25, -0.2) is 19.1 Å². The zero-order chi connectivity index (χ0) is 24.1. The largest absolute Gasteiger partial charge is 0.438 e. The number of benzene rings is 2. The van der Waals surface area contributed by atoms with Crippen molar-refractivity contribution in [1.82, 2.24) is 23.9 Å². The van der Waals surface area contributed by atoms with Gasteiger partial charge in [0, 0.05) is 37.5 Å². The molecule has 0 aliphatic rings. The molecule has 4 rings (SSSR count). The summed E-state index contributed by atoms with van der Waals surface area (Å²) in [5.74, 6) is 1.03. The molecule has 4 aromatic rings. The molecule has 2 aromatic heterocycles. The smallest absolute Gasteiger partial charge is 0.335 e. The Morgan fingerprint density at radius 3 is 2.44 bits per heavy atom. The summed E-state index contributed by atoms with van der Waals surface area (Å²) in [7, 11) is 1.80. The Labute approximate surface area is 199 Å². The lowest BCUT2D eigenvalue weighted by atomic mass is 10.2. The van der Waals surface area contributed by atoms with E-state index in [1.807, 2.05) is 0 Å². The van der Waals surface area contributed by atoms with Gasteiger partial charge in [-0.3, -0.25) is 14.2 Å². The topological polar surface area (TPSA) is 119 Å². The molecule has 34 heavy (non-hydrogen) atoms. The van der Waals surface area contributed by atoms with Gasteiger partial charge in [-0.05, 0) is 48.4 Å². The molecule has 0 amide bonds. The highest BCUT2D eigenvalue weighted by Gasteiger charge is 2.10. The summed E-state index contributed by atoms with van der Waals surface area (Å²) in [5.41, 5.74) is 0.300. The molecule has 11 heteroatoms. The van der Waals surface area contributed by atoms with E-state index in [2.05, 4.69) is 15.1 Å². The van der Waals surface area contributed by atoms with E-state index in [1.165, 1.54) is 4.57 Å². The van der Waals surface area contributed by atoms with E-state index in [-0.39, 0.29) is 31.7 Å². The second-order valence-electron chi connectivity index (χ2n) is 7.51. The molecule has 0 fully saturated rings. The first-order chi connectivity index (χ1) is 16.4. The Morgan fingerprint density at radius 1 is 1.06 bits per heavy atom. The number of aliphatic hydroxyl groups excluding tert-OH is 1. The number of nitrogens with one attached hydrogen (secondary N) is 1. The zero-order valence-electron chi connectivity index (χ0n) is 18.4. The highest BCUT2D eigenvalue weighted by molar-refractivity contribution is 6.30. The Kier molecular flexibility index (Phi) is 7.09. The minimum absolute atomic E-state index is 0.0884. The van der Waals surface area contributed by atoms with Crippen molar-refractivity contribution < 1.29 is 9.84 Å². The molecule has 0 bridgehead atoms. The number of hydrogen-bond donors (Lipinski definition) is 2. The number of H-pyrrole nitrogens is 1. The van der Waals surface area contributed by atoms with Gasteiger partial charge in [0.2, 0.25) is 11.5 Å². The molecule has 2 aromatic carbocycles. The van der Waals surface area contributed by atoms with Crippen LogP contribution in [0.15, 0.2) is 75.4 Å². The van der Waals surface area contributed by atoms with E-state index in [1.54, 1.807) is 72.5 Å². The zero-order valence-corrected chi connectivity index (χ0v) is 19.1. The van der Waals surface area contributed by atoms with Crippen LogP contribution < -0.4 is 21.7 Å². The Morgan fingerprint density at radius 2 is 1.79 bits per heavy atom. The fourth-order valence-electron chi connectivity index (χ4n) is 3.26. The van der Waals surface area contributed by atoms with Gasteiger partial charge in [-0.2, -0.15) is 0 Å². The van der Waals surface area contributed by atoms with Gasteiger partial charge in [0.1, 0.15) is 5.75 Å². The number of hydrogen-bond acceptors (Lipinski definition) is 6. The normalized spacial score (nSPS) is 11.7. The van der Waals surface area contributed by atoms with Crippen LogP contribution in [-0.2, 0) is 20.1 Å². The average molecular weight is 483 g/mol. The molecular weight excluding hydrogens is 460 g/mol. The lowest BCUT2D eigenvalue weighted by Crippen LogP contribution is -2.50. The van der Waals surface area contributed by atoms with Crippen molar-refractivity contribution in [3.8, 4) is 11.6 Å². The van der Waals surface area contributed by atoms with Crippen LogP contribution in [0.2, 0.25) is 5.02 Å². The van der Waals surface area contributed by atoms with Crippen LogP contribution in [0.25, 0.3) is 0 Å². The van der Waals surface area contributed by atoms with Crippen LogP contribution in [0.4, 0.5) is 5.69 Å². The minimum atomic E-state index is -0.598. The number of aryl methyl sites for hydroxylation is 1. The molecule has 0 unspecified atom stereocenters. The molecule has 10 nitrogen and oxygen atoms in total. The van der Waals surface area contributed by atoms with Crippen LogP contribution in [-0.4, -0.2) is 35.6 Å². The molecule has 0 saturated carbocycles. The van der Waals surface area contributed by atoms with E-state index in [9.17, 15) is 9.59 Å². The molecule has 176 valence electrons. The van der Waals surface area contributed by atoms with Gasteiger partial charge in [-0.15, -0.1) is 5.10 Å². The minimum Gasteiger partial charge on any atom is -0.438 e. The molecule has 0 aliphatic heterocycles. The van der Waals surface area contributed by atoms with Crippen molar-refractivity contribution in [2.75, 3.05) is 6.61 Å². The van der Waals surface area contributed by atoms with Gasteiger partial charge in [0.25, 0.3) is 0 Å². The summed E-state index contributed by atoms with van der Waals surface area (Å²) in [4.78, 5) is 32.9. The van der Waals surface area contributed by atoms with Gasteiger partial charge >= 0.3 is 11.4 Å². The summed E-state index contributed by atoms with van der Waals surface area (Å²) < 4.78 is 9.75. The maximum absolute atomic E-state index is 13.1. The lowest BCUT2D eigenvalue weighted by molar-refractivity contribution is 0.276. The monoisotopic (exact) mass is 482 g/mol. The van der Waals surface area contributed by atoms with Crippen LogP contribution in [0.1, 0.15) is 12.0 Å². The SMILES string of the molecule is Cn1ccc(Oc2ccc(/N=c3\[nH]c(=O)n(CCCO)c(=O)n3Cc3ccc(Cl)cc3)cc2)n1. The van der Waals surface area contributed by atoms with E-state index in [0.29, 0.717) is 22.3 Å². The molecule has 0 atom stereocenters. The number of nitrogens with zero attached hydrogens (tertiary/aromatic N) is 5. The number of aromatic nitrogens is 5. The van der Waals surface area contributed by atoms with Gasteiger partial charge in [-0.1, -0.05) is 23.7 Å². The van der Waals surface area contributed by atoms with Crippen molar-refractivity contribution in [3.05, 3.63) is 98.0 Å². The molecule has 0 aliphatic carbocycles. The summed E-state index contributed by atoms with van der Waals surface area (Å²) >= 11 is 5.98. The molecule has 2 heterocycles. The average Bonchev–Trinajstić information content (AvgIpc) is 3.23. The standard InChI is InChI=1S/C23H23ClN6O4/c1-28-13-11-20(27-28)34-19-9-7-18(8-10-19)25-21-26-22(32)29(12-2-14-31)23(33)30(21)15-16-3-5-17(24)6-4-16/h3-11,13,31H,2,12,14-15H2,1H3,(H,25,26,32). The predicted octanol–water partition coefficient (Wildman–Crippen LogP) is 2.18. The van der Waals surface area contributed by atoms with Crippen molar-refractivity contribution in [2.24, 2.45) is 12.0 Å². The van der Waals surface area contributed by atoms with Crippen LogP contribution in [0.5, 0.6) is 11.6 Å². The lowest BCUT2D eigenvalue weighted by Gasteiger charge is -2.11. The Bertz CT molecular complexity index is 1450. The van der Waals surface area contributed by atoms with E-state index in [0.717, 1.165) is 10.1 Å². The summed E-state index contributed by atoms with van der Waals surface area (Å²) in [5, 5.41) is 13.9. The van der Waals surface area contributed by atoms with Crippen molar-refractivity contribution in [3.63, 3.8) is 0 Å². The number of rotatable bonds is 8. The fraction of sp³-hybridized carbons (Fsp3) is 0.217. The maximum atomic E-state index is 13.1. The second-order valence-corrected chi connectivity index (χ2v) is 7.95. The van der Waals surface area contributed by atoms with E-state index in [4.69, 9.17) is 21.4 Å². The summed E-state index contributed by atoms with van der Waals surface area (Å²) in [6.07, 6.45) is 2.05. The first kappa shape index (κ1) is 23.3. The number of aliphatic hydroxyl groups is 1. The van der Waals surface area contributed by atoms with Gasteiger partial charge in [0.15, 0.2) is 0 Å². The first-order valence-corrected chi connectivity index (χ1v) is 10.9. The van der Waals surface area contributed by atoms with Gasteiger partial charge < -0.3 is 9.84 Å². The van der Waals surface area contributed by atoms with Crippen LogP contribution in [0.3, 0.4) is 0 Å². The van der Waals surface area contributed by atoms with Crippen LogP contribution >= 0.6 is 11.6 Å². The van der Waals surface area contributed by atoms with Crippen LogP contribution in [0, 0.1) is 0 Å². The van der Waals surface area contributed by atoms with E-state index < -0.39 is 11.4 Å². The Hall–Kier alpha value is -3.89. The highest BCUT2D eigenvalue weighted by atomic mass is 35.5. The van der Waals surface area contributed by atoms with Crippen molar-refractivity contribution in [1.29, 1.82) is 0 Å². The number of aromatic amines is 1. The molecule has 0 saturated heterocycles. The van der Waals surface area contributed by atoms with Gasteiger partial charge in [0.05, 0.1) is 12.2 Å². The molecule has 0 radical (unpaired) electrons. The molecule has 2 N–H and O–H groups in total. The third-order valence-electron chi connectivity index (χ3n) is 4.96. The quantitative estimate of drug-likeness (QED) is 0.399. The predicted molar refractivity (Wildman–Crippen MR) is 127 cm³/mol. The van der Waals surface area contributed by atoms with Crippen molar-refractivity contribution in [2.45, 2.75) is 19.5 Å². The Balaban J connectivity index is 1.72. The highest BCUT2D eigenvalue weighted by Crippen LogP contribution is 2.22. The van der Waals surface area contributed by atoms with Crippen molar-refractivity contribution >= 4 is 17.3 Å². The molecular formula is C23H23ClN6O4. The molecule has 0 spiro atoms. The van der Waals surface area contributed by atoms with E-state index >= 15 is 0 Å². The second kappa shape index (κ2) is 10.4. The maximum Gasteiger partial charge on any atom is 0.335 e. The summed E-state index contributed by atoms with van der Waals surface area (Å²) in [6, 6.07) is 15.6.